The molecule has 0 radical (unpaired) electrons. The quantitative estimate of drug-likeness (QED) is 0.740. The van der Waals surface area contributed by atoms with E-state index in [2.05, 4.69) is 13.8 Å². The Morgan fingerprint density at radius 2 is 1.88 bits per heavy atom. The van der Waals surface area contributed by atoms with Crippen molar-refractivity contribution in [2.45, 2.75) is 71.1 Å². The highest BCUT2D eigenvalue weighted by Crippen LogP contribution is 2.35. The first-order valence-electron chi connectivity index (χ1n) is 6.77. The average molecular weight is 228 g/mol. The van der Waals surface area contributed by atoms with Crippen LogP contribution < -0.4 is 0 Å². The van der Waals surface area contributed by atoms with Crippen LogP contribution >= 0.6 is 0 Å². The average Bonchev–Trinajstić information content (AvgIpc) is 2.30. The molecule has 3 nitrogen and oxygen atoms in total. The maximum absolute atomic E-state index is 6.03. The largest absolute Gasteiger partial charge is 0.352 e. The minimum absolute atomic E-state index is 0.00407. The summed E-state index contributed by atoms with van der Waals surface area (Å²) in [5, 5.41) is 0. The van der Waals surface area contributed by atoms with Crippen LogP contribution in [0.4, 0.5) is 0 Å². The first-order valence-corrected chi connectivity index (χ1v) is 6.77. The Balaban J connectivity index is 1.97. The van der Waals surface area contributed by atoms with Gasteiger partial charge in [-0.15, -0.1) is 0 Å². The second-order valence-corrected chi connectivity index (χ2v) is 4.86. The Hall–Kier alpha value is -0.120. The zero-order valence-corrected chi connectivity index (χ0v) is 10.5. The fraction of sp³-hybridized carbons (Fsp3) is 1.00. The summed E-state index contributed by atoms with van der Waals surface area (Å²) in [5.41, 5.74) is 0. The zero-order chi connectivity index (χ0) is 11.4. The van der Waals surface area contributed by atoms with E-state index in [0.717, 1.165) is 32.3 Å². The molecule has 0 aromatic rings. The van der Waals surface area contributed by atoms with Crippen LogP contribution in [-0.2, 0) is 14.2 Å². The molecule has 2 aliphatic heterocycles. The fourth-order valence-corrected chi connectivity index (χ4v) is 2.70. The molecule has 0 amide bonds. The van der Waals surface area contributed by atoms with Gasteiger partial charge in [0, 0.05) is 12.5 Å². The van der Waals surface area contributed by atoms with Crippen molar-refractivity contribution in [3.05, 3.63) is 0 Å². The van der Waals surface area contributed by atoms with Gasteiger partial charge in [-0.2, -0.15) is 0 Å². The van der Waals surface area contributed by atoms with Crippen LogP contribution in [0.3, 0.4) is 0 Å². The molecule has 0 unspecified atom stereocenters. The van der Waals surface area contributed by atoms with Gasteiger partial charge < -0.3 is 14.2 Å². The minimum Gasteiger partial charge on any atom is -0.352 e. The predicted molar refractivity (Wildman–Crippen MR) is 62.0 cm³/mol. The molecule has 0 aromatic carbocycles. The van der Waals surface area contributed by atoms with E-state index >= 15 is 0 Å². The minimum atomic E-state index is -0.0408. The molecule has 0 aromatic heterocycles. The number of fused-ring (bicyclic) bond motifs is 1. The van der Waals surface area contributed by atoms with Gasteiger partial charge in [0.15, 0.2) is 12.6 Å². The van der Waals surface area contributed by atoms with Crippen LogP contribution in [0.25, 0.3) is 0 Å². The Morgan fingerprint density at radius 3 is 2.62 bits per heavy atom. The summed E-state index contributed by atoms with van der Waals surface area (Å²) in [6, 6.07) is 0. The number of hydrogen-bond acceptors (Lipinski definition) is 3. The summed E-state index contributed by atoms with van der Waals surface area (Å²) in [7, 11) is 0. The van der Waals surface area contributed by atoms with Gasteiger partial charge in [0.25, 0.3) is 0 Å². The molecule has 2 fully saturated rings. The summed E-state index contributed by atoms with van der Waals surface area (Å²) < 4.78 is 17.6. The van der Waals surface area contributed by atoms with E-state index in [-0.39, 0.29) is 12.6 Å². The predicted octanol–water partition coefficient (Wildman–Crippen LogP) is 3.08. The highest BCUT2D eigenvalue weighted by molar-refractivity contribution is 4.80. The van der Waals surface area contributed by atoms with Crippen molar-refractivity contribution in [3.8, 4) is 0 Å². The zero-order valence-electron chi connectivity index (χ0n) is 10.5. The van der Waals surface area contributed by atoms with Crippen LogP contribution in [0, 0.1) is 5.92 Å². The standard InChI is InChI=1S/C13H24O3/c1-3-6-11-10-8-5-9-14-13(10)16-12(15-11)7-4-2/h10-13H,3-9H2,1-2H3/t10-,11+,12+,13+/m0/s1. The van der Waals surface area contributed by atoms with Gasteiger partial charge in [-0.1, -0.05) is 26.7 Å². The maximum atomic E-state index is 6.03. The van der Waals surface area contributed by atoms with Crippen molar-refractivity contribution in [1.82, 2.24) is 0 Å². The van der Waals surface area contributed by atoms with Gasteiger partial charge in [0.2, 0.25) is 0 Å². The Labute approximate surface area is 98.4 Å². The molecular weight excluding hydrogens is 204 g/mol. The Bertz CT molecular complexity index is 207. The van der Waals surface area contributed by atoms with Gasteiger partial charge in [-0.05, 0) is 25.7 Å². The van der Waals surface area contributed by atoms with E-state index in [1.54, 1.807) is 0 Å². The van der Waals surface area contributed by atoms with Crippen LogP contribution in [0.5, 0.6) is 0 Å². The van der Waals surface area contributed by atoms with Crippen molar-refractivity contribution in [2.24, 2.45) is 5.92 Å². The van der Waals surface area contributed by atoms with Crippen molar-refractivity contribution in [3.63, 3.8) is 0 Å². The third kappa shape index (κ3) is 2.76. The molecule has 2 rings (SSSR count). The Kier molecular flexibility index (Phi) is 4.62. The number of ether oxygens (including phenoxy) is 3. The van der Waals surface area contributed by atoms with Gasteiger partial charge in [0.1, 0.15) is 0 Å². The summed E-state index contributed by atoms with van der Waals surface area (Å²) in [5.74, 6) is 0.460. The van der Waals surface area contributed by atoms with Gasteiger partial charge in [-0.3, -0.25) is 0 Å². The summed E-state index contributed by atoms with van der Waals surface area (Å²) >= 11 is 0. The molecule has 0 spiro atoms. The molecule has 16 heavy (non-hydrogen) atoms. The highest BCUT2D eigenvalue weighted by atomic mass is 16.8. The highest BCUT2D eigenvalue weighted by Gasteiger charge is 2.40. The first kappa shape index (κ1) is 12.3. The van der Waals surface area contributed by atoms with E-state index in [4.69, 9.17) is 14.2 Å². The summed E-state index contributed by atoms with van der Waals surface area (Å²) in [4.78, 5) is 0. The van der Waals surface area contributed by atoms with Crippen LogP contribution in [0.1, 0.15) is 52.4 Å². The molecule has 0 bridgehead atoms. The second kappa shape index (κ2) is 5.99. The SMILES string of the molecule is CCC[C@H]1O[C@H]2OCCC[C@H]2[C@@H](CCC)O1. The fourth-order valence-electron chi connectivity index (χ4n) is 2.70. The summed E-state index contributed by atoms with van der Waals surface area (Å²) in [6.45, 7) is 5.22. The van der Waals surface area contributed by atoms with E-state index in [1.165, 1.54) is 12.8 Å². The van der Waals surface area contributed by atoms with E-state index in [0.29, 0.717) is 12.0 Å². The number of rotatable bonds is 4. The number of hydrogen-bond donors (Lipinski definition) is 0. The molecule has 4 atom stereocenters. The third-order valence-corrected chi connectivity index (χ3v) is 3.50. The molecule has 2 heterocycles. The molecule has 0 N–H and O–H groups in total. The molecule has 2 aliphatic rings. The topological polar surface area (TPSA) is 27.7 Å². The first-order chi connectivity index (χ1) is 7.85. The monoisotopic (exact) mass is 228 g/mol. The molecule has 2 saturated heterocycles. The molecule has 3 heteroatoms. The molecule has 0 aliphatic carbocycles. The van der Waals surface area contributed by atoms with Crippen molar-refractivity contribution < 1.29 is 14.2 Å². The van der Waals surface area contributed by atoms with Crippen molar-refractivity contribution in [2.75, 3.05) is 6.61 Å². The smallest absolute Gasteiger partial charge is 0.165 e. The lowest BCUT2D eigenvalue weighted by atomic mass is 9.90. The van der Waals surface area contributed by atoms with Crippen molar-refractivity contribution >= 4 is 0 Å². The Morgan fingerprint density at radius 1 is 1.06 bits per heavy atom. The van der Waals surface area contributed by atoms with Crippen LogP contribution in [-0.4, -0.2) is 25.3 Å². The summed E-state index contributed by atoms with van der Waals surface area (Å²) in [6.07, 6.45) is 7.02. The maximum Gasteiger partial charge on any atom is 0.165 e. The lowest BCUT2D eigenvalue weighted by Gasteiger charge is -2.44. The van der Waals surface area contributed by atoms with E-state index < -0.39 is 0 Å². The van der Waals surface area contributed by atoms with Crippen LogP contribution in [0.15, 0.2) is 0 Å². The van der Waals surface area contributed by atoms with E-state index in [1.807, 2.05) is 0 Å². The normalized spacial score (nSPS) is 39.4. The van der Waals surface area contributed by atoms with Crippen molar-refractivity contribution in [1.29, 1.82) is 0 Å². The third-order valence-electron chi connectivity index (χ3n) is 3.50. The lowest BCUT2D eigenvalue weighted by molar-refractivity contribution is -0.345. The second-order valence-electron chi connectivity index (χ2n) is 4.86. The van der Waals surface area contributed by atoms with Gasteiger partial charge in [-0.25, -0.2) is 0 Å². The van der Waals surface area contributed by atoms with Gasteiger partial charge in [0.05, 0.1) is 6.10 Å². The van der Waals surface area contributed by atoms with Crippen LogP contribution in [0.2, 0.25) is 0 Å². The molecule has 0 saturated carbocycles. The lowest BCUT2D eigenvalue weighted by Crippen LogP contribution is -2.49. The molecular formula is C13H24O3. The molecule has 94 valence electrons. The van der Waals surface area contributed by atoms with E-state index in [9.17, 15) is 0 Å². The van der Waals surface area contributed by atoms with Gasteiger partial charge >= 0.3 is 0 Å².